The van der Waals surface area contributed by atoms with Crippen molar-refractivity contribution in [1.29, 1.82) is 0 Å². The molecule has 0 amide bonds. The smallest absolute Gasteiger partial charge is 0.197 e. The molecule has 1 aliphatic rings. The van der Waals surface area contributed by atoms with Gasteiger partial charge in [-0.1, -0.05) is 55.5 Å². The van der Waals surface area contributed by atoms with Crippen LogP contribution in [-0.2, 0) is 0 Å². The van der Waals surface area contributed by atoms with Crippen LogP contribution in [0.15, 0.2) is 54.6 Å². The highest BCUT2D eigenvalue weighted by atomic mass is 16.5. The van der Waals surface area contributed by atoms with E-state index in [0.29, 0.717) is 11.3 Å². The largest absolute Gasteiger partial charge is 0.496 e. The second-order valence-electron chi connectivity index (χ2n) is 5.72. The number of ether oxygens (including phenoxy) is 1. The van der Waals surface area contributed by atoms with Crippen molar-refractivity contribution >= 4 is 16.6 Å². The van der Waals surface area contributed by atoms with Gasteiger partial charge in [0.2, 0.25) is 0 Å². The third-order valence-corrected chi connectivity index (χ3v) is 4.62. The van der Waals surface area contributed by atoms with Crippen LogP contribution in [0.5, 0.6) is 5.75 Å². The van der Waals surface area contributed by atoms with E-state index in [-0.39, 0.29) is 11.7 Å². The van der Waals surface area contributed by atoms with Crippen LogP contribution in [0.1, 0.15) is 39.9 Å². The van der Waals surface area contributed by atoms with Crippen LogP contribution in [0.2, 0.25) is 0 Å². The molecule has 2 nitrogen and oxygen atoms in total. The molecular weight excluding hydrogens is 272 g/mol. The highest BCUT2D eigenvalue weighted by Gasteiger charge is 2.32. The standard InChI is InChI=1S/C20H16O2/c1-12-14-8-5-9-17(22-2)19(14)20(21)16-11-10-13-6-3-4-7-15(13)18(12)16/h3-12H,1-2H3. The summed E-state index contributed by atoms with van der Waals surface area (Å²) in [5, 5.41) is 2.33. The molecule has 3 aromatic carbocycles. The van der Waals surface area contributed by atoms with E-state index in [1.54, 1.807) is 7.11 Å². The molecule has 0 spiro atoms. The maximum Gasteiger partial charge on any atom is 0.197 e. The molecule has 0 aliphatic heterocycles. The van der Waals surface area contributed by atoms with Crippen molar-refractivity contribution in [3.05, 3.63) is 76.9 Å². The molecule has 0 saturated carbocycles. The molecule has 0 saturated heterocycles. The van der Waals surface area contributed by atoms with Crippen LogP contribution in [0, 0.1) is 0 Å². The highest BCUT2D eigenvalue weighted by Crippen LogP contribution is 2.42. The van der Waals surface area contributed by atoms with Crippen LogP contribution in [0.3, 0.4) is 0 Å². The minimum absolute atomic E-state index is 0.0614. The lowest BCUT2D eigenvalue weighted by molar-refractivity contribution is 0.103. The fourth-order valence-electron chi connectivity index (χ4n) is 3.57. The van der Waals surface area contributed by atoms with E-state index in [9.17, 15) is 4.79 Å². The molecule has 0 heterocycles. The molecule has 22 heavy (non-hydrogen) atoms. The Hall–Kier alpha value is -2.61. The van der Waals surface area contributed by atoms with Gasteiger partial charge < -0.3 is 4.74 Å². The van der Waals surface area contributed by atoms with E-state index in [1.807, 2.05) is 42.5 Å². The number of fused-ring (bicyclic) bond motifs is 4. The van der Waals surface area contributed by atoms with Gasteiger partial charge in [-0.3, -0.25) is 4.79 Å². The molecule has 4 rings (SSSR count). The molecule has 0 aromatic heterocycles. The van der Waals surface area contributed by atoms with Crippen molar-refractivity contribution in [2.75, 3.05) is 7.11 Å². The molecule has 2 heteroatoms. The van der Waals surface area contributed by atoms with Gasteiger partial charge in [0.1, 0.15) is 5.75 Å². The monoisotopic (exact) mass is 288 g/mol. The third kappa shape index (κ3) is 1.64. The maximum atomic E-state index is 13.0. The molecule has 108 valence electrons. The predicted octanol–water partition coefficient (Wildman–Crippen LogP) is 4.54. The molecule has 0 N–H and O–H groups in total. The van der Waals surface area contributed by atoms with Gasteiger partial charge in [0.25, 0.3) is 0 Å². The summed E-state index contributed by atoms with van der Waals surface area (Å²) >= 11 is 0. The molecule has 3 aromatic rings. The van der Waals surface area contributed by atoms with Gasteiger partial charge in [-0.2, -0.15) is 0 Å². The first-order valence-corrected chi connectivity index (χ1v) is 7.45. The van der Waals surface area contributed by atoms with Gasteiger partial charge in [-0.05, 0) is 28.0 Å². The summed E-state index contributed by atoms with van der Waals surface area (Å²) in [5.74, 6) is 0.892. The molecule has 1 atom stereocenters. The fourth-order valence-corrected chi connectivity index (χ4v) is 3.57. The van der Waals surface area contributed by atoms with Crippen molar-refractivity contribution in [3.8, 4) is 5.75 Å². The second-order valence-corrected chi connectivity index (χ2v) is 5.72. The molecule has 0 fully saturated rings. The zero-order valence-electron chi connectivity index (χ0n) is 12.6. The van der Waals surface area contributed by atoms with Gasteiger partial charge in [-0.15, -0.1) is 0 Å². The number of carbonyl (C=O) groups excluding carboxylic acids is 1. The molecule has 0 radical (unpaired) electrons. The Morgan fingerprint density at radius 1 is 0.955 bits per heavy atom. The average Bonchev–Trinajstić information content (AvgIpc) is 2.58. The van der Waals surface area contributed by atoms with Crippen LogP contribution >= 0.6 is 0 Å². The Bertz CT molecular complexity index is 909. The lowest BCUT2D eigenvalue weighted by Crippen LogP contribution is -2.19. The van der Waals surface area contributed by atoms with E-state index in [1.165, 1.54) is 5.39 Å². The van der Waals surface area contributed by atoms with E-state index in [0.717, 1.165) is 22.1 Å². The SMILES string of the molecule is COc1cccc2c1C(=O)c1ccc3ccccc3c1C2C. The van der Waals surface area contributed by atoms with E-state index >= 15 is 0 Å². The Labute approximate surface area is 129 Å². The predicted molar refractivity (Wildman–Crippen MR) is 87.9 cm³/mol. The molecule has 1 unspecified atom stereocenters. The summed E-state index contributed by atoms with van der Waals surface area (Å²) in [4.78, 5) is 13.0. The van der Waals surface area contributed by atoms with E-state index in [2.05, 4.69) is 19.1 Å². The fraction of sp³-hybridized carbons (Fsp3) is 0.150. The summed E-state index contributed by atoms with van der Waals surface area (Å²) in [6, 6.07) is 18.1. The van der Waals surface area contributed by atoms with E-state index < -0.39 is 0 Å². The Kier molecular flexibility index (Phi) is 2.80. The minimum atomic E-state index is 0.0614. The van der Waals surface area contributed by atoms with Crippen LogP contribution in [0.25, 0.3) is 10.8 Å². The van der Waals surface area contributed by atoms with Crippen LogP contribution in [-0.4, -0.2) is 12.9 Å². The summed E-state index contributed by atoms with van der Waals surface area (Å²) in [6.45, 7) is 2.16. The van der Waals surface area contributed by atoms with Gasteiger partial charge in [0.15, 0.2) is 5.78 Å². The second kappa shape index (κ2) is 4.70. The lowest BCUT2D eigenvalue weighted by Gasteiger charge is -2.27. The number of hydrogen-bond donors (Lipinski definition) is 0. The Morgan fingerprint density at radius 3 is 2.59 bits per heavy atom. The zero-order valence-corrected chi connectivity index (χ0v) is 12.6. The summed E-state index contributed by atoms with van der Waals surface area (Å²) in [6.07, 6.45) is 0. The van der Waals surface area contributed by atoms with Gasteiger partial charge in [0, 0.05) is 11.5 Å². The summed E-state index contributed by atoms with van der Waals surface area (Å²) in [7, 11) is 1.61. The first kappa shape index (κ1) is 13.1. The summed E-state index contributed by atoms with van der Waals surface area (Å²) < 4.78 is 5.41. The van der Waals surface area contributed by atoms with E-state index in [4.69, 9.17) is 4.74 Å². The topological polar surface area (TPSA) is 26.3 Å². The first-order valence-electron chi connectivity index (χ1n) is 7.45. The molecule has 0 bridgehead atoms. The molecular formula is C20H16O2. The Morgan fingerprint density at radius 2 is 1.77 bits per heavy atom. The quantitative estimate of drug-likeness (QED) is 0.657. The number of carbonyl (C=O) groups is 1. The third-order valence-electron chi connectivity index (χ3n) is 4.62. The number of methoxy groups -OCH3 is 1. The number of hydrogen-bond acceptors (Lipinski definition) is 2. The zero-order chi connectivity index (χ0) is 15.3. The van der Waals surface area contributed by atoms with Crippen molar-refractivity contribution in [2.45, 2.75) is 12.8 Å². The van der Waals surface area contributed by atoms with Gasteiger partial charge in [-0.25, -0.2) is 0 Å². The normalized spacial score (nSPS) is 16.3. The maximum absolute atomic E-state index is 13.0. The van der Waals surface area contributed by atoms with Crippen molar-refractivity contribution in [3.63, 3.8) is 0 Å². The van der Waals surface area contributed by atoms with Gasteiger partial charge in [0.05, 0.1) is 12.7 Å². The number of ketones is 1. The number of rotatable bonds is 1. The van der Waals surface area contributed by atoms with Gasteiger partial charge >= 0.3 is 0 Å². The summed E-state index contributed by atoms with van der Waals surface area (Å²) in [5.41, 5.74) is 3.68. The first-order chi connectivity index (χ1) is 10.7. The minimum Gasteiger partial charge on any atom is -0.496 e. The van der Waals surface area contributed by atoms with Crippen molar-refractivity contribution in [1.82, 2.24) is 0 Å². The van der Waals surface area contributed by atoms with Crippen LogP contribution < -0.4 is 4.74 Å². The Balaban J connectivity index is 2.08. The van der Waals surface area contributed by atoms with Crippen molar-refractivity contribution in [2.24, 2.45) is 0 Å². The highest BCUT2D eigenvalue weighted by molar-refractivity contribution is 6.16. The van der Waals surface area contributed by atoms with Crippen molar-refractivity contribution < 1.29 is 9.53 Å². The average molecular weight is 288 g/mol. The van der Waals surface area contributed by atoms with Crippen LogP contribution in [0.4, 0.5) is 0 Å². The lowest BCUT2D eigenvalue weighted by atomic mass is 9.76. The number of benzene rings is 3. The molecule has 1 aliphatic carbocycles.